The number of fused-ring (bicyclic) bond motifs is 1. The lowest BCUT2D eigenvalue weighted by Gasteiger charge is -2.37. The van der Waals surface area contributed by atoms with Crippen LogP contribution in [0.15, 0.2) is 31.1 Å². The number of nitrogens with two attached hydrogens (primary N) is 1. The van der Waals surface area contributed by atoms with Crippen molar-refractivity contribution in [1.82, 2.24) is 19.9 Å². The first kappa shape index (κ1) is 21.1. The number of amides is 1. The summed E-state index contributed by atoms with van der Waals surface area (Å²) in [5.74, 6) is 0.356. The number of nitrogen functional groups attached to an aromatic ring is 1. The second kappa shape index (κ2) is 8.16. The molecular formula is C21H23F3N6O. The number of pyridine rings is 1. The van der Waals surface area contributed by atoms with E-state index in [1.165, 1.54) is 18.5 Å². The minimum Gasteiger partial charge on any atom is -0.384 e. The van der Waals surface area contributed by atoms with E-state index >= 15 is 0 Å². The monoisotopic (exact) mass is 432 g/mol. The molecule has 1 fully saturated rings. The number of halogens is 3. The van der Waals surface area contributed by atoms with E-state index in [2.05, 4.69) is 26.4 Å². The quantitative estimate of drug-likeness (QED) is 0.750. The molecule has 0 bridgehead atoms. The molecule has 31 heavy (non-hydrogen) atoms. The van der Waals surface area contributed by atoms with Gasteiger partial charge >= 0.3 is 6.18 Å². The first-order chi connectivity index (χ1) is 14.8. The van der Waals surface area contributed by atoms with Crippen LogP contribution in [0.1, 0.15) is 34.9 Å². The van der Waals surface area contributed by atoms with E-state index in [1.807, 2.05) is 0 Å². The molecule has 3 heterocycles. The van der Waals surface area contributed by atoms with Crippen LogP contribution in [0.25, 0.3) is 0 Å². The number of rotatable bonds is 3. The Bertz CT molecular complexity index is 1000. The van der Waals surface area contributed by atoms with E-state index in [1.54, 1.807) is 4.90 Å². The first-order valence-corrected chi connectivity index (χ1v) is 10.1. The molecule has 1 aliphatic carbocycles. The number of hydrogen-bond acceptors (Lipinski definition) is 6. The fraction of sp³-hybridized carbons (Fsp3) is 0.429. The zero-order valence-corrected chi connectivity index (χ0v) is 16.9. The van der Waals surface area contributed by atoms with Crippen LogP contribution in [-0.2, 0) is 23.8 Å². The molecule has 1 atom stereocenters. The Labute approximate surface area is 177 Å². The van der Waals surface area contributed by atoms with Crippen molar-refractivity contribution >= 4 is 17.5 Å². The maximum Gasteiger partial charge on any atom is 0.418 e. The Balaban J connectivity index is 1.57. The molecule has 2 aliphatic rings. The van der Waals surface area contributed by atoms with Crippen molar-refractivity contribution in [2.75, 3.05) is 36.8 Å². The van der Waals surface area contributed by atoms with E-state index in [9.17, 15) is 18.0 Å². The number of hydrogen-bond donors (Lipinski definition) is 1. The molecule has 1 saturated heterocycles. The minimum atomic E-state index is -4.49. The third kappa shape index (κ3) is 4.19. The summed E-state index contributed by atoms with van der Waals surface area (Å²) in [6.45, 7) is 5.90. The number of aromatic nitrogens is 3. The Morgan fingerprint density at radius 2 is 1.94 bits per heavy atom. The maximum atomic E-state index is 13.5. The lowest BCUT2D eigenvalue weighted by atomic mass is 9.83. The normalized spacial score (nSPS) is 19.1. The molecule has 10 heteroatoms. The van der Waals surface area contributed by atoms with Crippen LogP contribution in [0.5, 0.6) is 0 Å². The molecule has 164 valence electrons. The van der Waals surface area contributed by atoms with E-state index < -0.39 is 17.7 Å². The molecule has 0 spiro atoms. The van der Waals surface area contributed by atoms with Crippen molar-refractivity contribution in [3.05, 3.63) is 53.6 Å². The van der Waals surface area contributed by atoms with Gasteiger partial charge in [-0.05, 0) is 37.5 Å². The molecular weight excluding hydrogens is 409 g/mol. The van der Waals surface area contributed by atoms with E-state index in [0.29, 0.717) is 45.4 Å². The second-order valence-corrected chi connectivity index (χ2v) is 7.75. The minimum absolute atomic E-state index is 0.0186. The molecule has 1 amide bonds. The number of piperazine rings is 1. The highest BCUT2D eigenvalue weighted by Crippen LogP contribution is 2.40. The molecule has 2 N–H and O–H groups in total. The first-order valence-electron chi connectivity index (χ1n) is 10.1. The van der Waals surface area contributed by atoms with Crippen molar-refractivity contribution in [3.8, 4) is 0 Å². The molecule has 0 aromatic carbocycles. The smallest absolute Gasteiger partial charge is 0.384 e. The molecule has 1 aliphatic heterocycles. The van der Waals surface area contributed by atoms with Gasteiger partial charge in [-0.25, -0.2) is 15.0 Å². The molecule has 0 unspecified atom stereocenters. The topological polar surface area (TPSA) is 88.2 Å². The number of nitrogens with zero attached hydrogens (tertiary/aromatic N) is 5. The highest BCUT2D eigenvalue weighted by atomic mass is 19.4. The Morgan fingerprint density at radius 3 is 2.61 bits per heavy atom. The van der Waals surface area contributed by atoms with Gasteiger partial charge in [0.05, 0.1) is 11.3 Å². The van der Waals surface area contributed by atoms with Gasteiger partial charge in [-0.1, -0.05) is 6.58 Å². The average Bonchev–Trinajstić information content (AvgIpc) is 2.77. The zero-order chi connectivity index (χ0) is 22.2. The zero-order valence-electron chi connectivity index (χ0n) is 16.9. The maximum absolute atomic E-state index is 13.5. The van der Waals surface area contributed by atoms with Crippen LogP contribution in [0, 0.1) is 0 Å². The van der Waals surface area contributed by atoms with Gasteiger partial charge in [0.15, 0.2) is 0 Å². The van der Waals surface area contributed by atoms with Crippen LogP contribution in [0.4, 0.5) is 24.8 Å². The van der Waals surface area contributed by atoms with Crippen LogP contribution in [-0.4, -0.2) is 51.9 Å². The van der Waals surface area contributed by atoms with E-state index in [-0.39, 0.29) is 17.4 Å². The van der Waals surface area contributed by atoms with Gasteiger partial charge in [-0.2, -0.15) is 13.2 Å². The van der Waals surface area contributed by atoms with Gasteiger partial charge in [0, 0.05) is 43.4 Å². The predicted octanol–water partition coefficient (Wildman–Crippen LogP) is 2.58. The summed E-state index contributed by atoms with van der Waals surface area (Å²) in [6.07, 6.45) is -0.330. The van der Waals surface area contributed by atoms with Crippen molar-refractivity contribution in [2.45, 2.75) is 31.4 Å². The number of carbonyl (C=O) groups is 1. The summed E-state index contributed by atoms with van der Waals surface area (Å²) in [5, 5.41) is 0. The molecule has 2 aromatic rings. The van der Waals surface area contributed by atoms with E-state index in [0.717, 1.165) is 23.1 Å². The molecule has 0 radical (unpaired) electrons. The average molecular weight is 432 g/mol. The highest BCUT2D eigenvalue weighted by molar-refractivity contribution is 5.87. The third-order valence-corrected chi connectivity index (χ3v) is 5.90. The summed E-state index contributed by atoms with van der Waals surface area (Å²) in [7, 11) is 0. The van der Waals surface area contributed by atoms with Gasteiger partial charge in [-0.3, -0.25) is 4.79 Å². The van der Waals surface area contributed by atoms with Crippen molar-refractivity contribution in [1.29, 1.82) is 0 Å². The summed E-state index contributed by atoms with van der Waals surface area (Å²) in [4.78, 5) is 28.5. The van der Waals surface area contributed by atoms with Gasteiger partial charge < -0.3 is 15.5 Å². The summed E-state index contributed by atoms with van der Waals surface area (Å²) < 4.78 is 40.5. The predicted molar refractivity (Wildman–Crippen MR) is 109 cm³/mol. The third-order valence-electron chi connectivity index (χ3n) is 5.90. The Hall–Kier alpha value is -3.17. The number of alkyl halides is 3. The lowest BCUT2D eigenvalue weighted by Crippen LogP contribution is -2.49. The van der Waals surface area contributed by atoms with Crippen molar-refractivity contribution in [2.24, 2.45) is 0 Å². The summed E-state index contributed by atoms with van der Waals surface area (Å²) >= 11 is 0. The largest absolute Gasteiger partial charge is 0.418 e. The molecule has 7 nitrogen and oxygen atoms in total. The highest BCUT2D eigenvalue weighted by Gasteiger charge is 2.38. The van der Waals surface area contributed by atoms with Gasteiger partial charge in [-0.15, -0.1) is 0 Å². The number of anilines is 2. The SMILES string of the molecule is C=CC(=O)N1CCN(c2ncnc3c2CC[C@H](c2nc(N)ccc2C(F)(F)F)C3)CC1. The van der Waals surface area contributed by atoms with Crippen LogP contribution < -0.4 is 10.6 Å². The molecule has 2 aromatic heterocycles. The number of carbonyl (C=O) groups excluding carboxylic acids is 1. The van der Waals surface area contributed by atoms with E-state index in [4.69, 9.17) is 5.73 Å². The Kier molecular flexibility index (Phi) is 5.55. The van der Waals surface area contributed by atoms with Gasteiger partial charge in [0.2, 0.25) is 5.91 Å². The molecule has 4 rings (SSSR count). The van der Waals surface area contributed by atoms with Crippen molar-refractivity contribution in [3.63, 3.8) is 0 Å². The van der Waals surface area contributed by atoms with Gasteiger partial charge in [0.25, 0.3) is 0 Å². The van der Waals surface area contributed by atoms with Crippen molar-refractivity contribution < 1.29 is 18.0 Å². The standard InChI is InChI=1S/C21H23F3N6O/c1-2-18(31)29-7-9-30(10-8-29)20-14-4-3-13(11-16(14)26-12-27-20)19-15(21(22,23)24)5-6-17(25)28-19/h2,5-6,12-13H,1,3-4,7-11H2,(H2,25,28)/t13-/m0/s1. The van der Waals surface area contributed by atoms with Crippen LogP contribution in [0.3, 0.4) is 0 Å². The van der Waals surface area contributed by atoms with Crippen LogP contribution in [0.2, 0.25) is 0 Å². The van der Waals surface area contributed by atoms with Gasteiger partial charge in [0.1, 0.15) is 18.0 Å². The second-order valence-electron chi connectivity index (χ2n) is 7.75. The fourth-order valence-electron chi connectivity index (χ4n) is 4.34. The fourth-order valence-corrected chi connectivity index (χ4v) is 4.34. The Morgan fingerprint density at radius 1 is 1.19 bits per heavy atom. The molecule has 0 saturated carbocycles. The lowest BCUT2D eigenvalue weighted by molar-refractivity contribution is -0.138. The summed E-state index contributed by atoms with van der Waals surface area (Å²) in [5.41, 5.74) is 6.63. The van der Waals surface area contributed by atoms with Crippen LogP contribution >= 0.6 is 0 Å². The summed E-state index contributed by atoms with van der Waals surface area (Å²) in [6, 6.07) is 2.18.